The lowest BCUT2D eigenvalue weighted by atomic mass is 10.1. The number of aliphatic hydroxyl groups is 1. The molecule has 0 saturated carbocycles. The zero-order valence-corrected chi connectivity index (χ0v) is 10.3. The van der Waals surface area contributed by atoms with Crippen LogP contribution in [0.1, 0.15) is 19.4 Å². The first kappa shape index (κ1) is 13.0. The Hall–Kier alpha value is -1.06. The van der Waals surface area contributed by atoms with Crippen molar-refractivity contribution in [2.45, 2.75) is 26.4 Å². The molecule has 1 aromatic carbocycles. The van der Waals surface area contributed by atoms with Crippen LogP contribution in [-0.4, -0.2) is 36.4 Å². The fraction of sp³-hybridized carbons (Fsp3) is 0.538. The Kier molecular flexibility index (Phi) is 5.29. The van der Waals surface area contributed by atoms with Gasteiger partial charge in [-0.2, -0.15) is 0 Å². The maximum Gasteiger partial charge on any atom is 0.119 e. The Morgan fingerprint density at radius 2 is 1.88 bits per heavy atom. The number of benzene rings is 1. The first-order valence-corrected chi connectivity index (χ1v) is 5.67. The average molecular weight is 223 g/mol. The van der Waals surface area contributed by atoms with E-state index in [0.717, 1.165) is 18.7 Å². The summed E-state index contributed by atoms with van der Waals surface area (Å²) in [6.07, 6.45) is 1.16. The first-order chi connectivity index (χ1) is 7.61. The highest BCUT2D eigenvalue weighted by molar-refractivity contribution is 5.27. The number of rotatable bonds is 6. The van der Waals surface area contributed by atoms with Gasteiger partial charge in [0.25, 0.3) is 0 Å². The highest BCUT2D eigenvalue weighted by Crippen LogP contribution is 2.14. The van der Waals surface area contributed by atoms with Crippen molar-refractivity contribution >= 4 is 0 Å². The monoisotopic (exact) mass is 223 g/mol. The number of hydrogen-bond acceptors (Lipinski definition) is 3. The van der Waals surface area contributed by atoms with Crippen LogP contribution in [0.25, 0.3) is 0 Å². The van der Waals surface area contributed by atoms with E-state index in [2.05, 4.69) is 12.1 Å². The Balaban J connectivity index is 2.45. The van der Waals surface area contributed by atoms with Gasteiger partial charge in [0.05, 0.1) is 12.8 Å². The molecule has 0 aliphatic rings. The summed E-state index contributed by atoms with van der Waals surface area (Å²) >= 11 is 0. The average Bonchev–Trinajstić information content (AvgIpc) is 2.27. The van der Waals surface area contributed by atoms with E-state index in [-0.39, 0.29) is 12.8 Å². The number of ether oxygens (including phenoxy) is 1. The molecule has 3 nitrogen and oxygen atoms in total. The van der Waals surface area contributed by atoms with E-state index in [4.69, 9.17) is 9.84 Å². The molecule has 90 valence electrons. The smallest absolute Gasteiger partial charge is 0.119 e. The second-order valence-corrected chi connectivity index (χ2v) is 4.28. The molecular formula is C13H21NO2. The number of hydrogen-bond donors (Lipinski definition) is 1. The van der Waals surface area contributed by atoms with E-state index >= 15 is 0 Å². The van der Waals surface area contributed by atoms with Crippen LogP contribution in [0.3, 0.4) is 0 Å². The van der Waals surface area contributed by atoms with Crippen LogP contribution in [0.2, 0.25) is 0 Å². The van der Waals surface area contributed by atoms with Gasteiger partial charge in [-0.25, -0.2) is 0 Å². The third-order valence-corrected chi connectivity index (χ3v) is 2.32. The van der Waals surface area contributed by atoms with E-state index in [1.54, 1.807) is 0 Å². The van der Waals surface area contributed by atoms with Crippen molar-refractivity contribution in [1.29, 1.82) is 0 Å². The molecule has 3 heteroatoms. The maximum absolute atomic E-state index is 8.86. The normalized spacial score (nSPS) is 11.1. The van der Waals surface area contributed by atoms with Gasteiger partial charge < -0.3 is 9.84 Å². The van der Waals surface area contributed by atoms with Gasteiger partial charge in [0, 0.05) is 6.54 Å². The Morgan fingerprint density at radius 1 is 1.25 bits per heavy atom. The van der Waals surface area contributed by atoms with Crippen LogP contribution >= 0.6 is 0 Å². The molecule has 0 amide bonds. The minimum atomic E-state index is 0.106. The molecule has 1 rings (SSSR count). The van der Waals surface area contributed by atoms with Crippen LogP contribution in [0.4, 0.5) is 0 Å². The summed E-state index contributed by atoms with van der Waals surface area (Å²) < 4.78 is 5.57. The second-order valence-electron chi connectivity index (χ2n) is 4.28. The minimum Gasteiger partial charge on any atom is -0.491 e. The molecule has 0 unspecified atom stereocenters. The fourth-order valence-corrected chi connectivity index (χ4v) is 1.40. The van der Waals surface area contributed by atoms with Crippen molar-refractivity contribution in [2.75, 3.05) is 20.3 Å². The lowest BCUT2D eigenvalue weighted by molar-refractivity contribution is 0.134. The lowest BCUT2D eigenvalue weighted by Gasteiger charge is -2.13. The molecule has 1 N–H and O–H groups in total. The van der Waals surface area contributed by atoms with Gasteiger partial charge in [-0.15, -0.1) is 0 Å². The van der Waals surface area contributed by atoms with Crippen molar-refractivity contribution in [2.24, 2.45) is 0 Å². The van der Waals surface area contributed by atoms with Gasteiger partial charge in [0.15, 0.2) is 0 Å². The summed E-state index contributed by atoms with van der Waals surface area (Å²) in [4.78, 5) is 1.87. The number of nitrogens with zero attached hydrogens (tertiary/aromatic N) is 1. The minimum absolute atomic E-state index is 0.106. The third kappa shape index (κ3) is 4.64. The maximum atomic E-state index is 8.86. The number of likely N-dealkylation sites (N-methyl/N-ethyl adjacent to an activating group) is 1. The van der Waals surface area contributed by atoms with Gasteiger partial charge in [-0.1, -0.05) is 12.1 Å². The topological polar surface area (TPSA) is 32.7 Å². The van der Waals surface area contributed by atoms with E-state index in [1.165, 1.54) is 5.56 Å². The standard InChI is InChI=1S/C13H21NO2/c1-11(2)16-13-6-4-12(5-7-13)8-9-14(3)10-15/h4-7,11,15H,8-10H2,1-3H3. The number of aliphatic hydroxyl groups excluding tert-OH is 1. The summed E-state index contributed by atoms with van der Waals surface area (Å²) in [7, 11) is 1.90. The van der Waals surface area contributed by atoms with Crippen molar-refractivity contribution in [3.8, 4) is 5.75 Å². The van der Waals surface area contributed by atoms with Crippen molar-refractivity contribution in [1.82, 2.24) is 4.90 Å². The molecule has 0 spiro atoms. The van der Waals surface area contributed by atoms with Gasteiger partial charge >= 0.3 is 0 Å². The summed E-state index contributed by atoms with van der Waals surface area (Å²) in [5.74, 6) is 0.911. The van der Waals surface area contributed by atoms with Gasteiger partial charge in [-0.3, -0.25) is 4.90 Å². The molecule has 0 atom stereocenters. The summed E-state index contributed by atoms with van der Waals surface area (Å²) in [6, 6.07) is 8.13. The van der Waals surface area contributed by atoms with E-state index < -0.39 is 0 Å². The largest absolute Gasteiger partial charge is 0.491 e. The third-order valence-electron chi connectivity index (χ3n) is 2.32. The molecule has 0 bridgehead atoms. The predicted octanol–water partition coefficient (Wildman–Crippen LogP) is 1.90. The lowest BCUT2D eigenvalue weighted by Crippen LogP contribution is -2.21. The molecule has 16 heavy (non-hydrogen) atoms. The van der Waals surface area contributed by atoms with E-state index in [1.807, 2.05) is 37.9 Å². The molecule has 0 fully saturated rings. The van der Waals surface area contributed by atoms with Crippen LogP contribution in [-0.2, 0) is 6.42 Å². The first-order valence-electron chi connectivity index (χ1n) is 5.67. The van der Waals surface area contributed by atoms with Crippen molar-refractivity contribution in [3.05, 3.63) is 29.8 Å². The summed E-state index contributed by atoms with van der Waals surface area (Å²) in [5, 5.41) is 8.86. The molecular weight excluding hydrogens is 202 g/mol. The molecule has 0 radical (unpaired) electrons. The summed E-state index contributed by atoms with van der Waals surface area (Å²) in [6.45, 7) is 5.00. The Labute approximate surface area is 97.7 Å². The van der Waals surface area contributed by atoms with Crippen LogP contribution in [0.15, 0.2) is 24.3 Å². The summed E-state index contributed by atoms with van der Waals surface area (Å²) in [5.41, 5.74) is 1.26. The van der Waals surface area contributed by atoms with Crippen molar-refractivity contribution in [3.63, 3.8) is 0 Å². The fourth-order valence-electron chi connectivity index (χ4n) is 1.40. The molecule has 0 saturated heterocycles. The molecule has 1 aromatic rings. The zero-order chi connectivity index (χ0) is 12.0. The quantitative estimate of drug-likeness (QED) is 0.748. The Bertz CT molecular complexity index is 295. The van der Waals surface area contributed by atoms with E-state index in [0.29, 0.717) is 0 Å². The van der Waals surface area contributed by atoms with Crippen molar-refractivity contribution < 1.29 is 9.84 Å². The second kappa shape index (κ2) is 6.51. The molecule has 0 aliphatic heterocycles. The Morgan fingerprint density at radius 3 is 2.38 bits per heavy atom. The van der Waals surface area contributed by atoms with E-state index in [9.17, 15) is 0 Å². The highest BCUT2D eigenvalue weighted by Gasteiger charge is 2.00. The zero-order valence-electron chi connectivity index (χ0n) is 10.3. The highest BCUT2D eigenvalue weighted by atomic mass is 16.5. The predicted molar refractivity (Wildman–Crippen MR) is 65.6 cm³/mol. The SMILES string of the molecule is CC(C)Oc1ccc(CCN(C)CO)cc1. The molecule has 0 heterocycles. The van der Waals surface area contributed by atoms with Crippen LogP contribution in [0.5, 0.6) is 5.75 Å². The molecule has 0 aliphatic carbocycles. The van der Waals surface area contributed by atoms with Crippen LogP contribution < -0.4 is 4.74 Å². The molecule has 0 aromatic heterocycles. The van der Waals surface area contributed by atoms with Gasteiger partial charge in [0.2, 0.25) is 0 Å². The van der Waals surface area contributed by atoms with Gasteiger partial charge in [0.1, 0.15) is 5.75 Å². The van der Waals surface area contributed by atoms with Gasteiger partial charge in [-0.05, 0) is 45.0 Å². The van der Waals surface area contributed by atoms with Crippen LogP contribution in [0, 0.1) is 0 Å².